The molecule has 6 atom stereocenters. The fraction of sp³-hybridized carbons (Fsp3) is 0.567. The summed E-state index contributed by atoms with van der Waals surface area (Å²) in [6.07, 6.45) is 1.49. The number of fused-ring (bicyclic) bond motifs is 3. The Balaban J connectivity index is 2.00. The van der Waals surface area contributed by atoms with Crippen molar-refractivity contribution in [1.29, 1.82) is 0 Å². The highest BCUT2D eigenvalue weighted by Gasteiger charge is 2.76. The van der Waals surface area contributed by atoms with E-state index in [1.807, 2.05) is 6.92 Å². The number of likely N-dealkylation sites (N-methyl/N-ethyl adjacent to an activating group) is 1. The Morgan fingerprint density at radius 3 is 2.27 bits per heavy atom. The van der Waals surface area contributed by atoms with E-state index < -0.39 is 63.3 Å². The highest BCUT2D eigenvalue weighted by atomic mass is 16.3. The van der Waals surface area contributed by atoms with Gasteiger partial charge < -0.3 is 20.8 Å². The molecule has 2 unspecified atom stereocenters. The van der Waals surface area contributed by atoms with Crippen LogP contribution < -0.4 is 10.6 Å². The highest BCUT2D eigenvalue weighted by Crippen LogP contribution is 2.62. The average molecular weight is 552 g/mol. The van der Waals surface area contributed by atoms with Crippen LogP contribution in [0.5, 0.6) is 5.75 Å². The molecule has 3 aliphatic rings. The Hall–Kier alpha value is -3.55. The zero-order chi connectivity index (χ0) is 30.1. The molecule has 2 fully saturated rings. The second kappa shape index (κ2) is 9.53. The normalized spacial score (nSPS) is 33.1. The van der Waals surface area contributed by atoms with Crippen molar-refractivity contribution in [3.05, 3.63) is 22.8 Å². The van der Waals surface area contributed by atoms with E-state index >= 15 is 0 Å². The number of phenols is 1. The SMILES string of the molecule is CCCC#Cc1cc(N(C)C)c2c(c1O)C(=O)C1C(=O)[C@]3(O)C(=O)C(C(N)=O)C(=O)[C@@H](N(C)C)[C@]3(C)C[C@]1(C)C2. The van der Waals surface area contributed by atoms with Crippen molar-refractivity contribution in [2.75, 3.05) is 33.1 Å². The number of rotatable bonds is 4. The van der Waals surface area contributed by atoms with Gasteiger partial charge in [-0.15, -0.1) is 0 Å². The molecule has 0 radical (unpaired) electrons. The molecule has 2 saturated carbocycles. The molecule has 3 aliphatic carbocycles. The fourth-order valence-corrected chi connectivity index (χ4v) is 7.54. The van der Waals surface area contributed by atoms with E-state index in [0.29, 0.717) is 17.7 Å². The number of aromatic hydroxyl groups is 1. The number of Topliss-reactive ketones (excluding diaryl/α,β-unsaturated/α-hetero) is 4. The predicted octanol–water partition coefficient (Wildman–Crippen LogP) is 0.865. The Kier molecular flexibility index (Phi) is 7.01. The molecule has 0 heterocycles. The van der Waals surface area contributed by atoms with Crippen LogP contribution in [0.15, 0.2) is 6.07 Å². The number of carbonyl (C=O) groups excluding carboxylic acids is 5. The molecule has 0 bridgehead atoms. The molecule has 4 rings (SSSR count). The van der Waals surface area contributed by atoms with Crippen LogP contribution in [0.2, 0.25) is 0 Å². The van der Waals surface area contributed by atoms with Crippen molar-refractivity contribution in [2.45, 2.75) is 58.1 Å². The average Bonchev–Trinajstić information content (AvgIpc) is 2.82. The second-order valence-corrected chi connectivity index (χ2v) is 12.4. The molecule has 1 aromatic rings. The lowest BCUT2D eigenvalue weighted by Crippen LogP contribution is -2.79. The van der Waals surface area contributed by atoms with Crippen molar-refractivity contribution >= 4 is 34.7 Å². The number of amides is 1. The van der Waals surface area contributed by atoms with Gasteiger partial charge in [-0.25, -0.2) is 0 Å². The van der Waals surface area contributed by atoms with Gasteiger partial charge in [0.05, 0.1) is 23.1 Å². The first-order chi connectivity index (χ1) is 18.5. The summed E-state index contributed by atoms with van der Waals surface area (Å²) >= 11 is 0. The predicted molar refractivity (Wildman–Crippen MR) is 147 cm³/mol. The molecule has 40 heavy (non-hydrogen) atoms. The Morgan fingerprint density at radius 1 is 1.12 bits per heavy atom. The van der Waals surface area contributed by atoms with Crippen molar-refractivity contribution in [2.24, 2.45) is 28.4 Å². The largest absolute Gasteiger partial charge is 0.506 e. The van der Waals surface area contributed by atoms with Gasteiger partial charge in [0.1, 0.15) is 5.75 Å². The number of hydrogen-bond donors (Lipinski definition) is 3. The highest BCUT2D eigenvalue weighted by molar-refractivity contribution is 6.33. The molecule has 0 aromatic heterocycles. The van der Waals surface area contributed by atoms with E-state index in [1.165, 1.54) is 11.8 Å². The molecule has 1 amide bonds. The molecule has 10 heteroatoms. The summed E-state index contributed by atoms with van der Waals surface area (Å²) in [6, 6.07) is 0.508. The first-order valence-corrected chi connectivity index (χ1v) is 13.4. The zero-order valence-corrected chi connectivity index (χ0v) is 24.0. The van der Waals surface area contributed by atoms with Gasteiger partial charge in [-0.05, 0) is 50.4 Å². The Bertz CT molecular complexity index is 1420. The molecule has 1 aromatic carbocycles. The molecular formula is C30H37N3O7. The van der Waals surface area contributed by atoms with Crippen LogP contribution in [-0.4, -0.2) is 84.0 Å². The maximum absolute atomic E-state index is 14.3. The van der Waals surface area contributed by atoms with Gasteiger partial charge in [-0.2, -0.15) is 0 Å². The lowest BCUT2D eigenvalue weighted by atomic mass is 9.42. The van der Waals surface area contributed by atoms with Gasteiger partial charge >= 0.3 is 0 Å². The number of benzene rings is 1. The maximum Gasteiger partial charge on any atom is 0.235 e. The number of hydrogen-bond acceptors (Lipinski definition) is 9. The lowest BCUT2D eigenvalue weighted by molar-refractivity contribution is -0.203. The van der Waals surface area contributed by atoms with Crippen LogP contribution in [0.25, 0.3) is 0 Å². The van der Waals surface area contributed by atoms with Crippen molar-refractivity contribution in [1.82, 2.24) is 4.90 Å². The Labute approximate surface area is 233 Å². The Morgan fingerprint density at radius 2 is 1.75 bits per heavy atom. The van der Waals surface area contributed by atoms with Crippen molar-refractivity contribution in [3.63, 3.8) is 0 Å². The van der Waals surface area contributed by atoms with E-state index in [-0.39, 0.29) is 29.7 Å². The van der Waals surface area contributed by atoms with Crippen LogP contribution >= 0.6 is 0 Å². The third kappa shape index (κ3) is 3.75. The number of anilines is 1. The van der Waals surface area contributed by atoms with E-state index in [9.17, 15) is 34.2 Å². The molecule has 0 spiro atoms. The maximum atomic E-state index is 14.3. The molecule has 10 nitrogen and oxygen atoms in total. The quantitative estimate of drug-likeness (QED) is 0.365. The van der Waals surface area contributed by atoms with Gasteiger partial charge in [0.25, 0.3) is 0 Å². The molecule has 0 aliphatic heterocycles. The molecule has 214 valence electrons. The minimum atomic E-state index is -2.83. The topological polar surface area (TPSA) is 158 Å². The zero-order valence-electron chi connectivity index (χ0n) is 24.0. The molecular weight excluding hydrogens is 514 g/mol. The number of aliphatic hydroxyl groups is 1. The van der Waals surface area contributed by atoms with E-state index in [0.717, 1.165) is 6.42 Å². The monoisotopic (exact) mass is 551 g/mol. The summed E-state index contributed by atoms with van der Waals surface area (Å²) in [5.74, 6) is -3.15. The molecule has 4 N–H and O–H groups in total. The van der Waals surface area contributed by atoms with Crippen molar-refractivity contribution < 1.29 is 34.2 Å². The number of carbonyl (C=O) groups is 5. The lowest BCUT2D eigenvalue weighted by Gasteiger charge is -2.61. The van der Waals surface area contributed by atoms with Crippen LogP contribution in [0, 0.1) is 34.5 Å². The summed E-state index contributed by atoms with van der Waals surface area (Å²) in [5.41, 5.74) is 1.15. The first-order valence-electron chi connectivity index (χ1n) is 13.4. The number of nitrogens with zero attached hydrogens (tertiary/aromatic N) is 2. The van der Waals surface area contributed by atoms with E-state index in [4.69, 9.17) is 5.73 Å². The third-order valence-electron chi connectivity index (χ3n) is 9.04. The standard InChI is InChI=1S/C30H37N3O7/c1-8-9-10-11-15-12-17(32(4)5)16-13-28(2)14-29(3)24(33(6)7)23(36)19(27(31)39)25(37)30(29,40)26(38)20(28)22(35)18(16)21(15)34/h12,19-20,24,34,40H,8-9,13-14H2,1-7H3,(H2,31,39)/t19?,20?,24-,28+,29+,30-/m1/s1. The number of nitrogens with two attached hydrogens (primary N) is 1. The number of phenolic OH excluding ortho intramolecular Hbond substituents is 1. The van der Waals surface area contributed by atoms with Crippen LogP contribution in [0.3, 0.4) is 0 Å². The van der Waals surface area contributed by atoms with Gasteiger partial charge in [0.15, 0.2) is 34.7 Å². The first kappa shape index (κ1) is 29.4. The van der Waals surface area contributed by atoms with E-state index in [2.05, 4.69) is 11.8 Å². The minimum Gasteiger partial charge on any atom is -0.506 e. The summed E-state index contributed by atoms with van der Waals surface area (Å²) in [6.45, 7) is 5.18. The van der Waals surface area contributed by atoms with Gasteiger partial charge in [0, 0.05) is 31.6 Å². The van der Waals surface area contributed by atoms with Gasteiger partial charge in [0.2, 0.25) is 5.91 Å². The van der Waals surface area contributed by atoms with Crippen molar-refractivity contribution in [3.8, 4) is 17.6 Å². The minimum absolute atomic E-state index is 0.0599. The number of ketones is 4. The molecule has 0 saturated heterocycles. The summed E-state index contributed by atoms with van der Waals surface area (Å²) in [7, 11) is 6.72. The smallest absolute Gasteiger partial charge is 0.235 e. The summed E-state index contributed by atoms with van der Waals surface area (Å²) in [5, 5.41) is 23.3. The number of unbranched alkanes of at least 4 members (excludes halogenated alkanes) is 1. The second-order valence-electron chi connectivity index (χ2n) is 12.4. The fourth-order valence-electron chi connectivity index (χ4n) is 7.54. The third-order valence-corrected chi connectivity index (χ3v) is 9.04. The van der Waals surface area contributed by atoms with Crippen LogP contribution in [-0.2, 0) is 25.6 Å². The van der Waals surface area contributed by atoms with Crippen LogP contribution in [0.4, 0.5) is 5.69 Å². The van der Waals surface area contributed by atoms with Gasteiger partial charge in [-0.3, -0.25) is 28.9 Å². The van der Waals surface area contributed by atoms with Gasteiger partial charge in [-0.1, -0.05) is 32.6 Å². The van der Waals surface area contributed by atoms with Crippen LogP contribution in [0.1, 0.15) is 61.5 Å². The number of primary amides is 1. The van der Waals surface area contributed by atoms with E-state index in [1.54, 1.807) is 46.1 Å². The summed E-state index contributed by atoms with van der Waals surface area (Å²) in [4.78, 5) is 71.2. The summed E-state index contributed by atoms with van der Waals surface area (Å²) < 4.78 is 0.